The Morgan fingerprint density at radius 1 is 0.953 bits per heavy atom. The topological polar surface area (TPSA) is 161 Å². The van der Waals surface area contributed by atoms with Gasteiger partial charge in [-0.05, 0) is 42.4 Å². The second-order valence-corrected chi connectivity index (χ2v) is 10.3. The maximum atomic E-state index is 13.1. The van der Waals surface area contributed by atoms with Gasteiger partial charge in [0.25, 0.3) is 0 Å². The first-order valence-corrected chi connectivity index (χ1v) is 14.0. The molecule has 1 heterocycles. The monoisotopic (exact) mass is 585 g/mol. The summed E-state index contributed by atoms with van der Waals surface area (Å²) < 4.78 is 5.14. The van der Waals surface area contributed by atoms with Gasteiger partial charge in [-0.2, -0.15) is 0 Å². The van der Waals surface area contributed by atoms with Gasteiger partial charge in [0.1, 0.15) is 24.5 Å². The predicted octanol–water partition coefficient (Wildman–Crippen LogP) is 3.99. The molecule has 3 aromatic carbocycles. The molecule has 0 unspecified atom stereocenters. The average Bonchev–Trinajstić information content (AvgIpc) is 3.03. The number of amides is 4. The summed E-state index contributed by atoms with van der Waals surface area (Å²) in [6.45, 7) is 2.03. The Kier molecular flexibility index (Phi) is 10.5. The van der Waals surface area contributed by atoms with Crippen molar-refractivity contribution in [1.29, 1.82) is 5.41 Å². The lowest BCUT2D eigenvalue weighted by molar-refractivity contribution is -0.132. The number of hydrogen-bond donors (Lipinski definition) is 5. The van der Waals surface area contributed by atoms with Crippen molar-refractivity contribution in [2.45, 2.75) is 50.9 Å². The largest absolute Gasteiger partial charge is 0.465 e. The molecule has 0 radical (unpaired) electrons. The van der Waals surface area contributed by atoms with E-state index in [1.807, 2.05) is 60.7 Å². The number of carboxylic acid groups (broad SMARTS) is 1. The molecule has 1 fully saturated rings. The number of carbonyl (C=O) groups excluding carboxylic acids is 3. The molecule has 4 rings (SSSR count). The van der Waals surface area contributed by atoms with Crippen LogP contribution >= 0.6 is 0 Å². The fourth-order valence-electron chi connectivity index (χ4n) is 4.91. The number of likely N-dealkylation sites (tertiary alicyclic amines) is 1. The highest BCUT2D eigenvalue weighted by Gasteiger charge is 2.37. The van der Waals surface area contributed by atoms with E-state index in [1.54, 1.807) is 31.2 Å². The van der Waals surface area contributed by atoms with Gasteiger partial charge in [-0.15, -0.1) is 0 Å². The van der Waals surface area contributed by atoms with Gasteiger partial charge in [-0.25, -0.2) is 9.59 Å². The Bertz CT molecular complexity index is 1430. The van der Waals surface area contributed by atoms with Crippen LogP contribution in [0.2, 0.25) is 0 Å². The number of ether oxygens (including phenoxy) is 1. The molecule has 4 amide bonds. The molecular formula is C32H35N5O6. The van der Waals surface area contributed by atoms with Crippen molar-refractivity contribution in [3.63, 3.8) is 0 Å². The van der Waals surface area contributed by atoms with E-state index in [2.05, 4.69) is 16.0 Å². The molecule has 0 aliphatic carbocycles. The molecular weight excluding hydrogens is 550 g/mol. The Morgan fingerprint density at radius 2 is 1.60 bits per heavy atom. The lowest BCUT2D eigenvalue weighted by Gasteiger charge is -2.37. The van der Waals surface area contributed by atoms with E-state index in [0.717, 1.165) is 21.6 Å². The van der Waals surface area contributed by atoms with Crippen LogP contribution in [0.15, 0.2) is 84.9 Å². The summed E-state index contributed by atoms with van der Waals surface area (Å²) >= 11 is 0. The number of amidine groups is 1. The van der Waals surface area contributed by atoms with Gasteiger partial charge in [0, 0.05) is 18.7 Å². The van der Waals surface area contributed by atoms with Crippen LogP contribution in [0.4, 0.5) is 9.59 Å². The molecule has 3 atom stereocenters. The van der Waals surface area contributed by atoms with Crippen LogP contribution in [0.3, 0.4) is 0 Å². The Labute approximate surface area is 249 Å². The van der Waals surface area contributed by atoms with Gasteiger partial charge in [0.05, 0.1) is 0 Å². The van der Waals surface area contributed by atoms with Gasteiger partial charge in [-0.3, -0.25) is 25.2 Å². The number of piperidine rings is 1. The number of carbonyl (C=O) groups is 4. The van der Waals surface area contributed by atoms with Crippen molar-refractivity contribution >= 4 is 29.8 Å². The predicted molar refractivity (Wildman–Crippen MR) is 159 cm³/mol. The summed E-state index contributed by atoms with van der Waals surface area (Å²) in [6, 6.07) is 23.8. The molecule has 0 saturated carbocycles. The van der Waals surface area contributed by atoms with E-state index in [9.17, 15) is 24.3 Å². The average molecular weight is 586 g/mol. The standard InChI is InChI=1S/C32H35N5O6/c1-21(35-30(39)27-18-26(16-17-37(27)32(41)42)24-10-6-3-7-11-24)29(38)34-19-22-12-14-25(15-13-22)28(33)36-31(40)43-20-23-8-4-2-5-9-23/h2-15,21,26-27H,16-20H2,1H3,(H,34,38)(H,35,39)(H,41,42)(H2,33,36,40)/t21-,26-,27+/m0/s1. The lowest BCUT2D eigenvalue weighted by Crippen LogP contribution is -2.56. The van der Waals surface area contributed by atoms with Gasteiger partial charge in [0.15, 0.2) is 0 Å². The number of alkyl carbamates (subject to hydrolysis) is 1. The number of nitrogens with one attached hydrogen (secondary N) is 4. The van der Waals surface area contributed by atoms with Crippen LogP contribution in [0.1, 0.15) is 47.9 Å². The fraction of sp³-hybridized carbons (Fsp3) is 0.281. The molecule has 1 aliphatic rings. The lowest BCUT2D eigenvalue weighted by atomic mass is 9.85. The zero-order valence-electron chi connectivity index (χ0n) is 23.8. The van der Waals surface area contributed by atoms with Crippen molar-refractivity contribution < 1.29 is 29.0 Å². The third-order valence-electron chi connectivity index (χ3n) is 7.32. The van der Waals surface area contributed by atoms with Crippen molar-refractivity contribution in [3.8, 4) is 0 Å². The number of rotatable bonds is 9. The molecule has 11 nitrogen and oxygen atoms in total. The maximum Gasteiger partial charge on any atom is 0.413 e. The molecule has 0 bridgehead atoms. The highest BCUT2D eigenvalue weighted by atomic mass is 16.5. The van der Waals surface area contributed by atoms with E-state index in [4.69, 9.17) is 10.1 Å². The Morgan fingerprint density at radius 3 is 2.26 bits per heavy atom. The second kappa shape index (κ2) is 14.6. The minimum Gasteiger partial charge on any atom is -0.465 e. The van der Waals surface area contributed by atoms with Crippen molar-refractivity contribution in [2.75, 3.05) is 6.54 Å². The summed E-state index contributed by atoms with van der Waals surface area (Å²) in [6.07, 6.45) is -0.962. The summed E-state index contributed by atoms with van der Waals surface area (Å²) in [5.74, 6) is -1.03. The van der Waals surface area contributed by atoms with E-state index in [0.29, 0.717) is 18.4 Å². The number of nitrogens with zero attached hydrogens (tertiary/aromatic N) is 1. The summed E-state index contributed by atoms with van der Waals surface area (Å²) in [5, 5.41) is 25.6. The van der Waals surface area contributed by atoms with E-state index < -0.39 is 36.1 Å². The first-order valence-electron chi connectivity index (χ1n) is 14.0. The van der Waals surface area contributed by atoms with Crippen LogP contribution in [0.25, 0.3) is 0 Å². The van der Waals surface area contributed by atoms with Crippen LogP contribution in [0, 0.1) is 5.41 Å². The zero-order chi connectivity index (χ0) is 30.8. The third kappa shape index (κ3) is 8.65. The SMILES string of the molecule is C[C@H](NC(=O)[C@H]1C[C@@H](c2ccccc2)CCN1C(=O)O)C(=O)NCc1ccc(C(=N)NC(=O)OCc2ccccc2)cc1. The summed E-state index contributed by atoms with van der Waals surface area (Å²) in [7, 11) is 0. The Balaban J connectivity index is 1.24. The summed E-state index contributed by atoms with van der Waals surface area (Å²) in [5.41, 5.74) is 3.08. The van der Waals surface area contributed by atoms with Gasteiger partial charge >= 0.3 is 12.2 Å². The first kappa shape index (κ1) is 30.8. The van der Waals surface area contributed by atoms with Gasteiger partial charge < -0.3 is 20.5 Å². The molecule has 224 valence electrons. The van der Waals surface area contributed by atoms with Crippen molar-refractivity contribution in [1.82, 2.24) is 20.9 Å². The zero-order valence-corrected chi connectivity index (χ0v) is 23.8. The molecule has 11 heteroatoms. The van der Waals surface area contributed by atoms with Crippen LogP contribution in [-0.4, -0.2) is 58.5 Å². The minimum atomic E-state index is -1.17. The quantitative estimate of drug-likeness (QED) is 0.189. The Hall–Kier alpha value is -5.19. The molecule has 0 aromatic heterocycles. The van der Waals surface area contributed by atoms with Crippen LogP contribution in [-0.2, 0) is 27.5 Å². The van der Waals surface area contributed by atoms with Crippen LogP contribution in [0.5, 0.6) is 0 Å². The minimum absolute atomic E-state index is 0.0382. The highest BCUT2D eigenvalue weighted by Crippen LogP contribution is 2.31. The smallest absolute Gasteiger partial charge is 0.413 e. The first-order chi connectivity index (χ1) is 20.7. The van der Waals surface area contributed by atoms with E-state index in [1.165, 1.54) is 0 Å². The van der Waals surface area contributed by atoms with Crippen LogP contribution < -0.4 is 16.0 Å². The molecule has 1 saturated heterocycles. The van der Waals surface area contributed by atoms with Crippen molar-refractivity contribution in [2.24, 2.45) is 0 Å². The van der Waals surface area contributed by atoms with Gasteiger partial charge in [0.2, 0.25) is 11.8 Å². The second-order valence-electron chi connectivity index (χ2n) is 10.3. The normalized spacial score (nSPS) is 16.8. The summed E-state index contributed by atoms with van der Waals surface area (Å²) in [4.78, 5) is 50.8. The van der Waals surface area contributed by atoms with Gasteiger partial charge in [-0.1, -0.05) is 84.9 Å². The fourth-order valence-corrected chi connectivity index (χ4v) is 4.91. The molecule has 43 heavy (non-hydrogen) atoms. The molecule has 5 N–H and O–H groups in total. The molecule has 1 aliphatic heterocycles. The molecule has 3 aromatic rings. The van der Waals surface area contributed by atoms with Crippen molar-refractivity contribution in [3.05, 3.63) is 107 Å². The number of benzene rings is 3. The maximum absolute atomic E-state index is 13.1. The third-order valence-corrected chi connectivity index (χ3v) is 7.32. The number of hydrogen-bond acceptors (Lipinski definition) is 6. The van der Waals surface area contributed by atoms with E-state index in [-0.39, 0.29) is 31.4 Å². The highest BCUT2D eigenvalue weighted by molar-refractivity contribution is 6.04. The van der Waals surface area contributed by atoms with E-state index >= 15 is 0 Å². The molecule has 0 spiro atoms.